The molecule has 1 atom stereocenters. The maximum absolute atomic E-state index is 11.8. The summed E-state index contributed by atoms with van der Waals surface area (Å²) in [5.74, 6) is -0.170. The van der Waals surface area contributed by atoms with Crippen LogP contribution in [0.3, 0.4) is 0 Å². The van der Waals surface area contributed by atoms with Crippen LogP contribution >= 0.6 is 11.3 Å². The van der Waals surface area contributed by atoms with Gasteiger partial charge >= 0.3 is 0 Å². The monoisotopic (exact) mass is 235 g/mol. The molecule has 16 heavy (non-hydrogen) atoms. The van der Waals surface area contributed by atoms with Crippen LogP contribution in [0.15, 0.2) is 11.7 Å². The summed E-state index contributed by atoms with van der Waals surface area (Å²) in [4.78, 5) is 16.7. The third-order valence-corrected chi connectivity index (χ3v) is 3.30. The van der Waals surface area contributed by atoms with Crippen molar-refractivity contribution in [1.29, 1.82) is 0 Å². The summed E-state index contributed by atoms with van der Waals surface area (Å²) < 4.78 is 0. The Hall–Kier alpha value is -1.89. The lowest BCUT2D eigenvalue weighted by molar-refractivity contribution is 0.0931. The number of aromatic amines is 1. The molecule has 1 aliphatic heterocycles. The van der Waals surface area contributed by atoms with Gasteiger partial charge in [-0.2, -0.15) is 5.10 Å². The molecule has 2 aromatic heterocycles. The zero-order valence-corrected chi connectivity index (χ0v) is 9.26. The molecule has 3 N–H and O–H groups in total. The Morgan fingerprint density at radius 2 is 2.31 bits per heavy atom. The highest BCUT2D eigenvalue weighted by Gasteiger charge is 2.28. The number of carbonyl (C=O) groups is 1. The molecule has 0 aromatic carbocycles. The maximum atomic E-state index is 11.8. The first kappa shape index (κ1) is 9.34. The van der Waals surface area contributed by atoms with Crippen LogP contribution in [-0.4, -0.2) is 21.1 Å². The van der Waals surface area contributed by atoms with Gasteiger partial charge in [0, 0.05) is 6.20 Å². The van der Waals surface area contributed by atoms with Crippen molar-refractivity contribution in [2.75, 3.05) is 5.32 Å². The highest BCUT2D eigenvalue weighted by molar-refractivity contribution is 7.09. The Morgan fingerprint density at radius 3 is 3.06 bits per heavy atom. The van der Waals surface area contributed by atoms with Crippen LogP contribution in [0.2, 0.25) is 0 Å². The van der Waals surface area contributed by atoms with Gasteiger partial charge in [-0.3, -0.25) is 14.9 Å². The number of carbonyl (C=O) groups excluding carboxylic acids is 1. The molecule has 0 saturated carbocycles. The fourth-order valence-corrected chi connectivity index (χ4v) is 2.28. The Bertz CT molecular complexity index is 532. The lowest BCUT2D eigenvalue weighted by Crippen LogP contribution is -2.38. The molecular weight excluding hydrogens is 226 g/mol. The van der Waals surface area contributed by atoms with E-state index in [1.165, 1.54) is 11.3 Å². The molecule has 3 rings (SSSR count). The van der Waals surface area contributed by atoms with Crippen molar-refractivity contribution in [3.05, 3.63) is 28.0 Å². The van der Waals surface area contributed by atoms with Crippen molar-refractivity contribution in [1.82, 2.24) is 20.5 Å². The van der Waals surface area contributed by atoms with E-state index in [1.807, 2.05) is 6.92 Å². The van der Waals surface area contributed by atoms with E-state index < -0.39 is 0 Å². The molecule has 0 unspecified atom stereocenters. The summed E-state index contributed by atoms with van der Waals surface area (Å²) in [6, 6.07) is 0. The van der Waals surface area contributed by atoms with Gasteiger partial charge in [-0.25, -0.2) is 0 Å². The molecule has 0 saturated heterocycles. The summed E-state index contributed by atoms with van der Waals surface area (Å²) in [6.45, 7) is 1.88. The second kappa shape index (κ2) is 3.31. The number of nitrogens with one attached hydrogen (secondary N) is 3. The summed E-state index contributed by atoms with van der Waals surface area (Å²) in [5.41, 5.74) is 3.78. The summed E-state index contributed by atoms with van der Waals surface area (Å²) in [6.07, 6.45) is 1.52. The van der Waals surface area contributed by atoms with Crippen molar-refractivity contribution in [3.8, 4) is 0 Å². The molecule has 0 aliphatic carbocycles. The molecular formula is C9H9N5OS. The fraction of sp³-hybridized carbons (Fsp3) is 0.222. The van der Waals surface area contributed by atoms with Crippen LogP contribution in [-0.2, 0) is 0 Å². The topological polar surface area (TPSA) is 82.7 Å². The molecule has 6 nitrogen and oxygen atoms in total. The van der Waals surface area contributed by atoms with Crippen LogP contribution in [0.4, 0.5) is 5.69 Å². The van der Waals surface area contributed by atoms with Crippen molar-refractivity contribution in [2.45, 2.75) is 13.1 Å². The number of H-pyrrole nitrogens is 1. The van der Waals surface area contributed by atoms with Gasteiger partial charge < -0.3 is 10.6 Å². The zero-order chi connectivity index (χ0) is 11.1. The molecule has 1 amide bonds. The third-order valence-electron chi connectivity index (χ3n) is 2.46. The van der Waals surface area contributed by atoms with Crippen LogP contribution in [0, 0.1) is 6.92 Å². The average Bonchev–Trinajstić information content (AvgIpc) is 2.88. The van der Waals surface area contributed by atoms with Crippen molar-refractivity contribution >= 4 is 22.9 Å². The smallest absolute Gasteiger partial charge is 0.275 e. The minimum absolute atomic E-state index is 0.170. The molecule has 3 heterocycles. The third kappa shape index (κ3) is 1.28. The number of aryl methyl sites for hydroxylation is 1. The number of hydrogen-bond acceptors (Lipinski definition) is 5. The number of aromatic nitrogens is 3. The van der Waals surface area contributed by atoms with Gasteiger partial charge in [0.05, 0.1) is 21.8 Å². The molecule has 0 bridgehead atoms. The van der Waals surface area contributed by atoms with Crippen molar-refractivity contribution < 1.29 is 4.79 Å². The molecule has 1 aliphatic rings. The zero-order valence-electron chi connectivity index (χ0n) is 8.44. The number of nitrogens with zero attached hydrogens (tertiary/aromatic N) is 2. The Morgan fingerprint density at radius 1 is 1.44 bits per heavy atom. The lowest BCUT2D eigenvalue weighted by atomic mass is 10.2. The van der Waals surface area contributed by atoms with E-state index in [2.05, 4.69) is 25.8 Å². The van der Waals surface area contributed by atoms with Gasteiger partial charge in [-0.05, 0) is 6.92 Å². The number of fused-ring (bicyclic) bond motifs is 1. The fourth-order valence-electron chi connectivity index (χ4n) is 1.66. The van der Waals surface area contributed by atoms with Gasteiger partial charge in [0.2, 0.25) is 0 Å². The second-order valence-electron chi connectivity index (χ2n) is 3.53. The molecule has 0 radical (unpaired) electrons. The minimum Gasteiger partial charge on any atom is -0.357 e. The standard InChI is InChI=1S/C9H9N5OS/c1-4-6-7(14-13-4)9(15)12-8(11-6)5-2-10-3-16-5/h2-3,8,11H,1H3,(H,12,15)(H,13,14)/t8-/m0/s1. The quantitative estimate of drug-likeness (QED) is 0.689. The summed E-state index contributed by atoms with van der Waals surface area (Å²) >= 11 is 1.50. The Balaban J connectivity index is 2.00. The van der Waals surface area contributed by atoms with E-state index in [0.717, 1.165) is 16.3 Å². The normalized spacial score (nSPS) is 18.8. The molecule has 0 fully saturated rings. The van der Waals surface area contributed by atoms with Gasteiger partial charge in [-0.1, -0.05) is 0 Å². The van der Waals surface area contributed by atoms with E-state index in [-0.39, 0.29) is 12.1 Å². The first-order valence-electron chi connectivity index (χ1n) is 4.76. The number of thiazole rings is 1. The van der Waals surface area contributed by atoms with Crippen LogP contribution < -0.4 is 10.6 Å². The average molecular weight is 235 g/mol. The van der Waals surface area contributed by atoms with E-state index >= 15 is 0 Å². The number of anilines is 1. The van der Waals surface area contributed by atoms with Crippen molar-refractivity contribution in [2.24, 2.45) is 0 Å². The molecule has 82 valence electrons. The van der Waals surface area contributed by atoms with Crippen LogP contribution in [0.1, 0.15) is 27.2 Å². The van der Waals surface area contributed by atoms with E-state index in [0.29, 0.717) is 5.69 Å². The number of amides is 1. The number of rotatable bonds is 1. The first-order valence-corrected chi connectivity index (χ1v) is 5.64. The highest BCUT2D eigenvalue weighted by Crippen LogP contribution is 2.28. The van der Waals surface area contributed by atoms with Gasteiger partial charge in [0.1, 0.15) is 6.17 Å². The lowest BCUT2D eigenvalue weighted by Gasteiger charge is -2.24. The molecule has 0 spiro atoms. The maximum Gasteiger partial charge on any atom is 0.275 e. The second-order valence-corrected chi connectivity index (χ2v) is 4.44. The minimum atomic E-state index is -0.219. The Kier molecular flexibility index (Phi) is 1.93. The predicted molar refractivity (Wildman–Crippen MR) is 59.3 cm³/mol. The first-order chi connectivity index (χ1) is 7.75. The van der Waals surface area contributed by atoms with Gasteiger partial charge in [0.15, 0.2) is 5.69 Å². The van der Waals surface area contributed by atoms with Crippen molar-refractivity contribution in [3.63, 3.8) is 0 Å². The van der Waals surface area contributed by atoms with E-state index in [9.17, 15) is 4.79 Å². The molecule has 2 aromatic rings. The van der Waals surface area contributed by atoms with E-state index in [4.69, 9.17) is 0 Å². The molecule has 7 heteroatoms. The van der Waals surface area contributed by atoms with E-state index in [1.54, 1.807) is 11.7 Å². The highest BCUT2D eigenvalue weighted by atomic mass is 32.1. The summed E-state index contributed by atoms with van der Waals surface area (Å²) in [5, 5.41) is 12.8. The summed E-state index contributed by atoms with van der Waals surface area (Å²) in [7, 11) is 0. The van der Waals surface area contributed by atoms with Gasteiger partial charge in [-0.15, -0.1) is 11.3 Å². The SMILES string of the molecule is Cc1[nH]nc2c1N[C@H](c1cncs1)NC2=O. The largest absolute Gasteiger partial charge is 0.357 e. The van der Waals surface area contributed by atoms with Crippen LogP contribution in [0.5, 0.6) is 0 Å². The number of hydrogen-bond donors (Lipinski definition) is 3. The Labute approximate surface area is 95.1 Å². The van der Waals surface area contributed by atoms with Crippen LogP contribution in [0.25, 0.3) is 0 Å². The predicted octanol–water partition coefficient (Wildman–Crippen LogP) is 1.03. The van der Waals surface area contributed by atoms with Gasteiger partial charge in [0.25, 0.3) is 5.91 Å².